The van der Waals surface area contributed by atoms with Gasteiger partial charge in [0.15, 0.2) is 0 Å². The van der Waals surface area contributed by atoms with Crippen molar-refractivity contribution in [2.45, 2.75) is 63.1 Å². The Hall–Kier alpha value is -2.49. The summed E-state index contributed by atoms with van der Waals surface area (Å²) in [5.74, 6) is -4.03. The van der Waals surface area contributed by atoms with Crippen LogP contribution < -0.4 is 0 Å². The standard InChI is InChI=1S/C22H34N2O3.2C2HF3O2/c1-9-23-10-2-20(1)18-26-15-5-21-6-16-27-22(21)7-11-24(12-8-22)17-19-3-13-25-14-4-19;2*3-2(4,5)1(6)7/h1-2,9-10,19,21H,3-8,11-18H2;2*(H,6,7). The summed E-state index contributed by atoms with van der Waals surface area (Å²) in [6.07, 6.45) is 0.629. The molecule has 0 radical (unpaired) electrons. The Morgan fingerprint density at radius 3 is 2.00 bits per heavy atom. The van der Waals surface area contributed by atoms with Crippen LogP contribution in [0.15, 0.2) is 24.5 Å². The Kier molecular flexibility index (Phi) is 13.7. The largest absolute Gasteiger partial charge is 0.490 e. The summed E-state index contributed by atoms with van der Waals surface area (Å²) in [6.45, 7) is 7.96. The third kappa shape index (κ3) is 12.5. The number of ether oxygens (including phenoxy) is 3. The lowest BCUT2D eigenvalue weighted by atomic mass is 9.78. The first-order chi connectivity index (χ1) is 19.2. The second-order valence-corrected chi connectivity index (χ2v) is 10.1. The van der Waals surface area contributed by atoms with Crippen LogP contribution in [-0.2, 0) is 30.4 Å². The summed E-state index contributed by atoms with van der Waals surface area (Å²) in [5.41, 5.74) is 1.32. The van der Waals surface area contributed by atoms with Crippen LogP contribution in [0.25, 0.3) is 0 Å². The average Bonchev–Trinajstić information content (AvgIpc) is 3.30. The number of aromatic nitrogens is 1. The lowest BCUT2D eigenvalue weighted by molar-refractivity contribution is -0.193. The van der Waals surface area contributed by atoms with Crippen LogP contribution in [0.2, 0.25) is 0 Å². The highest BCUT2D eigenvalue weighted by Crippen LogP contribution is 2.42. The third-order valence-corrected chi connectivity index (χ3v) is 7.27. The van der Waals surface area contributed by atoms with Crippen molar-refractivity contribution in [2.75, 3.05) is 46.1 Å². The minimum Gasteiger partial charge on any atom is -0.475 e. The number of aliphatic carboxylic acids is 2. The van der Waals surface area contributed by atoms with Crippen LogP contribution in [0, 0.1) is 11.8 Å². The minimum absolute atomic E-state index is 0.117. The van der Waals surface area contributed by atoms with Gasteiger partial charge in [0.1, 0.15) is 0 Å². The van der Waals surface area contributed by atoms with Gasteiger partial charge in [-0.2, -0.15) is 26.3 Å². The van der Waals surface area contributed by atoms with Crippen molar-refractivity contribution >= 4 is 11.9 Å². The highest BCUT2D eigenvalue weighted by atomic mass is 19.4. The maximum absolute atomic E-state index is 10.6. The van der Waals surface area contributed by atoms with Crippen LogP contribution >= 0.6 is 0 Å². The Balaban J connectivity index is 0.000000349. The zero-order chi connectivity index (χ0) is 30.5. The van der Waals surface area contributed by atoms with Gasteiger partial charge in [-0.3, -0.25) is 4.98 Å². The van der Waals surface area contributed by atoms with E-state index in [2.05, 4.69) is 9.88 Å². The number of hydrogen-bond acceptors (Lipinski definition) is 7. The minimum atomic E-state index is -5.08. The molecule has 1 aromatic heterocycles. The molecule has 234 valence electrons. The van der Waals surface area contributed by atoms with Gasteiger partial charge in [0, 0.05) is 58.5 Å². The van der Waals surface area contributed by atoms with Gasteiger partial charge in [0.05, 0.1) is 12.2 Å². The average molecular weight is 603 g/mol. The molecule has 2 N–H and O–H groups in total. The molecule has 1 spiro atoms. The third-order valence-electron chi connectivity index (χ3n) is 7.27. The summed E-state index contributed by atoms with van der Waals surface area (Å²) >= 11 is 0. The fourth-order valence-electron chi connectivity index (χ4n) is 5.05. The number of pyridine rings is 1. The van der Waals surface area contributed by atoms with Gasteiger partial charge >= 0.3 is 24.3 Å². The predicted octanol–water partition coefficient (Wildman–Crippen LogP) is 4.55. The van der Waals surface area contributed by atoms with E-state index < -0.39 is 24.3 Å². The lowest BCUT2D eigenvalue weighted by Gasteiger charge is -2.43. The number of carbonyl (C=O) groups is 2. The van der Waals surface area contributed by atoms with E-state index in [-0.39, 0.29) is 5.60 Å². The number of rotatable bonds is 7. The molecule has 0 amide bonds. The molecular weight excluding hydrogens is 566 g/mol. The quantitative estimate of drug-likeness (QED) is 0.342. The molecule has 1 unspecified atom stereocenters. The molecule has 3 aliphatic rings. The van der Waals surface area contributed by atoms with Crippen molar-refractivity contribution < 1.29 is 60.4 Å². The summed E-state index contributed by atoms with van der Waals surface area (Å²) < 4.78 is 81.2. The maximum Gasteiger partial charge on any atom is 0.490 e. The van der Waals surface area contributed by atoms with Crippen LogP contribution in [-0.4, -0.2) is 96.1 Å². The lowest BCUT2D eigenvalue weighted by Crippen LogP contribution is -2.49. The Labute approximate surface area is 233 Å². The molecule has 3 aliphatic heterocycles. The van der Waals surface area contributed by atoms with Crippen LogP contribution in [0.5, 0.6) is 0 Å². The van der Waals surface area contributed by atoms with Crippen molar-refractivity contribution in [3.05, 3.63) is 30.1 Å². The Morgan fingerprint density at radius 2 is 1.49 bits per heavy atom. The first kappa shape index (κ1) is 34.7. The van der Waals surface area contributed by atoms with Gasteiger partial charge in [-0.25, -0.2) is 9.59 Å². The number of nitrogens with zero attached hydrogens (tertiary/aromatic N) is 2. The van der Waals surface area contributed by atoms with Crippen LogP contribution in [0.3, 0.4) is 0 Å². The number of alkyl halides is 6. The van der Waals surface area contributed by atoms with Gasteiger partial charge in [-0.15, -0.1) is 0 Å². The van der Waals surface area contributed by atoms with Gasteiger partial charge in [0.2, 0.25) is 0 Å². The molecule has 1 aromatic rings. The highest BCUT2D eigenvalue weighted by molar-refractivity contribution is 5.73. The van der Waals surface area contributed by atoms with Crippen molar-refractivity contribution in [2.24, 2.45) is 11.8 Å². The maximum atomic E-state index is 10.6. The van der Waals surface area contributed by atoms with Gasteiger partial charge in [0.25, 0.3) is 0 Å². The normalized spacial score (nSPS) is 21.4. The summed E-state index contributed by atoms with van der Waals surface area (Å²) in [5, 5.41) is 14.2. The molecule has 41 heavy (non-hydrogen) atoms. The number of hydrogen-bond donors (Lipinski definition) is 2. The van der Waals surface area contributed by atoms with Crippen LogP contribution in [0.4, 0.5) is 26.3 Å². The first-order valence-corrected chi connectivity index (χ1v) is 13.2. The summed E-state index contributed by atoms with van der Waals surface area (Å²) in [7, 11) is 0. The molecule has 4 rings (SSSR count). The van der Waals surface area contributed by atoms with E-state index >= 15 is 0 Å². The van der Waals surface area contributed by atoms with Crippen molar-refractivity contribution in [3.8, 4) is 0 Å². The second kappa shape index (κ2) is 16.2. The smallest absolute Gasteiger partial charge is 0.475 e. The van der Waals surface area contributed by atoms with E-state index in [0.29, 0.717) is 12.5 Å². The zero-order valence-electron chi connectivity index (χ0n) is 22.5. The Bertz CT molecular complexity index is 895. The number of carboxylic acid groups (broad SMARTS) is 2. The van der Waals surface area contributed by atoms with Gasteiger partial charge in [-0.1, -0.05) is 0 Å². The van der Waals surface area contributed by atoms with E-state index in [0.717, 1.165) is 38.8 Å². The molecule has 9 nitrogen and oxygen atoms in total. The molecule has 0 saturated carbocycles. The fraction of sp³-hybridized carbons (Fsp3) is 0.731. The van der Waals surface area contributed by atoms with E-state index in [1.165, 1.54) is 57.3 Å². The number of likely N-dealkylation sites (tertiary alicyclic amines) is 1. The molecule has 0 aliphatic carbocycles. The van der Waals surface area contributed by atoms with Crippen molar-refractivity contribution in [1.82, 2.24) is 9.88 Å². The van der Waals surface area contributed by atoms with Crippen molar-refractivity contribution in [1.29, 1.82) is 0 Å². The highest BCUT2D eigenvalue weighted by Gasteiger charge is 2.46. The molecule has 1 atom stereocenters. The molecule has 4 heterocycles. The molecule has 0 aromatic carbocycles. The van der Waals surface area contributed by atoms with Gasteiger partial charge in [-0.05, 0) is 68.1 Å². The summed E-state index contributed by atoms with van der Waals surface area (Å²) in [6, 6.07) is 4.04. The van der Waals surface area contributed by atoms with E-state index in [4.69, 9.17) is 34.0 Å². The van der Waals surface area contributed by atoms with E-state index in [1.54, 1.807) is 0 Å². The fourth-order valence-corrected chi connectivity index (χ4v) is 5.05. The molecule has 15 heteroatoms. The van der Waals surface area contributed by atoms with Gasteiger partial charge < -0.3 is 29.3 Å². The predicted molar refractivity (Wildman–Crippen MR) is 132 cm³/mol. The monoisotopic (exact) mass is 602 g/mol. The molecular formula is C26H36F6N2O7. The Morgan fingerprint density at radius 1 is 0.951 bits per heavy atom. The number of halogens is 6. The number of carboxylic acids is 2. The van der Waals surface area contributed by atoms with E-state index in [9.17, 15) is 26.3 Å². The topological polar surface area (TPSA) is 118 Å². The van der Waals surface area contributed by atoms with Crippen molar-refractivity contribution in [3.63, 3.8) is 0 Å². The second-order valence-electron chi connectivity index (χ2n) is 10.1. The molecule has 0 bridgehead atoms. The SMILES string of the molecule is O=C(O)C(F)(F)F.O=C(O)C(F)(F)F.c1cc(COCCC2CCOC23CCN(CC2CCOCC2)CC3)ccn1. The zero-order valence-corrected chi connectivity index (χ0v) is 22.5. The first-order valence-electron chi connectivity index (χ1n) is 13.2. The molecule has 3 fully saturated rings. The van der Waals surface area contributed by atoms with E-state index in [1.807, 2.05) is 24.5 Å². The molecule has 3 saturated heterocycles. The summed E-state index contributed by atoms with van der Waals surface area (Å²) in [4.78, 5) is 24.5. The van der Waals surface area contributed by atoms with Crippen LogP contribution in [0.1, 0.15) is 44.1 Å². The number of piperidine rings is 1.